The van der Waals surface area contributed by atoms with Gasteiger partial charge in [-0.2, -0.15) is 0 Å². The zero-order valence-corrected chi connectivity index (χ0v) is 26.7. The van der Waals surface area contributed by atoms with Crippen LogP contribution in [0.3, 0.4) is 0 Å². The molecule has 0 aliphatic rings. The highest BCUT2D eigenvalue weighted by molar-refractivity contribution is 5.46. The van der Waals surface area contributed by atoms with Crippen LogP contribution in [0.2, 0.25) is 0 Å². The molecular weight excluding hydrogens is 532 g/mol. The lowest BCUT2D eigenvalue weighted by Crippen LogP contribution is -2.33. The summed E-state index contributed by atoms with van der Waals surface area (Å²) in [7, 11) is 0. The van der Waals surface area contributed by atoms with Crippen molar-refractivity contribution >= 4 is 0 Å². The number of benzene rings is 4. The Morgan fingerprint density at radius 3 is 1.19 bits per heavy atom. The standard InChI is InChI=1S/C39H48O4/c1-37(2,41-27-30-16-10-7-11-17-30)24-33-22-23-36(40)35(26-39(5,6)43-29-32-20-14-9-15-21-32)34(33)25-38(3,4)42-28-31-18-12-8-13-19-31/h7-23,40H,24-29H2,1-6H3. The van der Waals surface area contributed by atoms with E-state index < -0.39 is 16.8 Å². The second-order valence-corrected chi connectivity index (χ2v) is 13.3. The fourth-order valence-electron chi connectivity index (χ4n) is 5.33. The summed E-state index contributed by atoms with van der Waals surface area (Å²) in [5, 5.41) is 11.3. The first kappa shape index (κ1) is 32.5. The fraction of sp³-hybridized carbons (Fsp3) is 0.385. The van der Waals surface area contributed by atoms with Crippen LogP contribution < -0.4 is 0 Å². The summed E-state index contributed by atoms with van der Waals surface area (Å²) in [6, 6.07) is 34.6. The van der Waals surface area contributed by atoms with E-state index in [0.717, 1.165) is 33.4 Å². The zero-order valence-electron chi connectivity index (χ0n) is 26.7. The molecule has 0 saturated heterocycles. The molecule has 0 aliphatic heterocycles. The van der Waals surface area contributed by atoms with E-state index in [4.69, 9.17) is 14.2 Å². The maximum atomic E-state index is 11.3. The number of ether oxygens (including phenoxy) is 3. The summed E-state index contributed by atoms with van der Waals surface area (Å²) >= 11 is 0. The largest absolute Gasteiger partial charge is 0.508 e. The Labute approximate surface area is 258 Å². The molecule has 4 rings (SSSR count). The van der Waals surface area contributed by atoms with Gasteiger partial charge in [-0.1, -0.05) is 97.1 Å². The van der Waals surface area contributed by atoms with E-state index in [1.54, 1.807) is 0 Å². The van der Waals surface area contributed by atoms with Gasteiger partial charge < -0.3 is 19.3 Å². The molecule has 0 bridgehead atoms. The normalized spacial score (nSPS) is 12.4. The van der Waals surface area contributed by atoms with Crippen molar-refractivity contribution in [3.63, 3.8) is 0 Å². The lowest BCUT2D eigenvalue weighted by atomic mass is 9.83. The SMILES string of the molecule is CC(C)(Cc1ccc(O)c(CC(C)(C)OCc2ccccc2)c1CC(C)(C)OCc1ccccc1)OCc1ccccc1. The Morgan fingerprint density at radius 1 is 0.442 bits per heavy atom. The van der Waals surface area contributed by atoms with Crippen LogP contribution in [0.15, 0.2) is 103 Å². The molecule has 0 unspecified atom stereocenters. The summed E-state index contributed by atoms with van der Waals surface area (Å²) < 4.78 is 19.4. The van der Waals surface area contributed by atoms with Crippen LogP contribution in [0, 0.1) is 0 Å². The lowest BCUT2D eigenvalue weighted by Gasteiger charge is -2.33. The van der Waals surface area contributed by atoms with Crippen molar-refractivity contribution in [1.82, 2.24) is 0 Å². The van der Waals surface area contributed by atoms with Crippen molar-refractivity contribution in [1.29, 1.82) is 0 Å². The Bertz CT molecular complexity index is 1410. The molecular formula is C39H48O4. The van der Waals surface area contributed by atoms with Gasteiger partial charge in [0.05, 0.1) is 36.6 Å². The molecule has 4 heteroatoms. The van der Waals surface area contributed by atoms with Crippen LogP contribution in [-0.2, 0) is 53.3 Å². The van der Waals surface area contributed by atoms with Gasteiger partial charge in [0.1, 0.15) is 5.75 Å². The molecule has 0 radical (unpaired) electrons. The van der Waals surface area contributed by atoms with Gasteiger partial charge in [-0.05, 0) is 75.4 Å². The van der Waals surface area contributed by atoms with Crippen LogP contribution >= 0.6 is 0 Å². The summed E-state index contributed by atoms with van der Waals surface area (Å²) in [4.78, 5) is 0. The van der Waals surface area contributed by atoms with Gasteiger partial charge in [0.2, 0.25) is 0 Å². The third kappa shape index (κ3) is 10.4. The van der Waals surface area contributed by atoms with Gasteiger partial charge >= 0.3 is 0 Å². The Balaban J connectivity index is 1.60. The number of rotatable bonds is 15. The van der Waals surface area contributed by atoms with E-state index >= 15 is 0 Å². The average Bonchev–Trinajstić information content (AvgIpc) is 2.99. The van der Waals surface area contributed by atoms with E-state index in [1.165, 1.54) is 0 Å². The van der Waals surface area contributed by atoms with Crippen LogP contribution in [0.5, 0.6) is 5.75 Å². The molecule has 0 amide bonds. The minimum absolute atomic E-state index is 0.289. The van der Waals surface area contributed by atoms with E-state index in [0.29, 0.717) is 39.1 Å². The highest BCUT2D eigenvalue weighted by Gasteiger charge is 2.30. The van der Waals surface area contributed by atoms with Crippen LogP contribution in [-0.4, -0.2) is 21.9 Å². The first-order valence-electron chi connectivity index (χ1n) is 15.3. The quantitative estimate of drug-likeness (QED) is 0.152. The number of phenols is 1. The summed E-state index contributed by atoms with van der Waals surface area (Å²) in [5.41, 5.74) is 5.17. The maximum Gasteiger partial charge on any atom is 0.119 e. The van der Waals surface area contributed by atoms with E-state index in [-0.39, 0.29) is 5.75 Å². The summed E-state index contributed by atoms with van der Waals surface area (Å²) in [5.74, 6) is 0.289. The van der Waals surface area contributed by atoms with Crippen molar-refractivity contribution in [2.75, 3.05) is 0 Å². The Hall–Kier alpha value is -3.44. The predicted molar refractivity (Wildman–Crippen MR) is 175 cm³/mol. The van der Waals surface area contributed by atoms with Crippen molar-refractivity contribution in [2.45, 2.75) is 97.4 Å². The smallest absolute Gasteiger partial charge is 0.119 e. The van der Waals surface area contributed by atoms with Crippen LogP contribution in [0.4, 0.5) is 0 Å². The monoisotopic (exact) mass is 580 g/mol. The van der Waals surface area contributed by atoms with E-state index in [1.807, 2.05) is 66.7 Å². The number of phenolic OH excluding ortho intramolecular Hbond substituents is 1. The molecule has 0 aliphatic carbocycles. The van der Waals surface area contributed by atoms with E-state index in [9.17, 15) is 5.11 Å². The van der Waals surface area contributed by atoms with Crippen molar-refractivity contribution in [3.8, 4) is 5.75 Å². The second-order valence-electron chi connectivity index (χ2n) is 13.3. The number of aromatic hydroxyl groups is 1. The van der Waals surface area contributed by atoms with E-state index in [2.05, 4.69) is 77.9 Å². The second kappa shape index (κ2) is 14.4. The summed E-state index contributed by atoms with van der Waals surface area (Å²) in [6.45, 7) is 14.3. The molecule has 0 atom stereocenters. The lowest BCUT2D eigenvalue weighted by molar-refractivity contribution is -0.0351. The predicted octanol–water partition coefficient (Wildman–Crippen LogP) is 9.01. The van der Waals surface area contributed by atoms with Gasteiger partial charge in [-0.15, -0.1) is 0 Å². The molecule has 228 valence electrons. The average molecular weight is 581 g/mol. The summed E-state index contributed by atoms with van der Waals surface area (Å²) in [6.07, 6.45) is 1.90. The first-order chi connectivity index (χ1) is 20.4. The number of hydrogen-bond acceptors (Lipinski definition) is 4. The van der Waals surface area contributed by atoms with Crippen molar-refractivity contribution < 1.29 is 19.3 Å². The molecule has 4 nitrogen and oxygen atoms in total. The number of hydrogen-bond donors (Lipinski definition) is 1. The molecule has 0 spiro atoms. The molecule has 0 saturated carbocycles. The zero-order chi connectivity index (χ0) is 30.9. The van der Waals surface area contributed by atoms with Crippen molar-refractivity contribution in [2.24, 2.45) is 0 Å². The Morgan fingerprint density at radius 2 is 0.791 bits per heavy atom. The van der Waals surface area contributed by atoms with Crippen LogP contribution in [0.25, 0.3) is 0 Å². The third-order valence-electron chi connectivity index (χ3n) is 7.74. The van der Waals surface area contributed by atoms with Gasteiger partial charge in [0.25, 0.3) is 0 Å². The molecule has 0 heterocycles. The Kier molecular flexibility index (Phi) is 10.8. The third-order valence-corrected chi connectivity index (χ3v) is 7.74. The minimum Gasteiger partial charge on any atom is -0.508 e. The van der Waals surface area contributed by atoms with Gasteiger partial charge in [0, 0.05) is 24.8 Å². The molecule has 0 aromatic heterocycles. The van der Waals surface area contributed by atoms with Crippen LogP contribution in [0.1, 0.15) is 74.9 Å². The highest BCUT2D eigenvalue weighted by Crippen LogP contribution is 2.35. The molecule has 0 fully saturated rings. The first-order valence-corrected chi connectivity index (χ1v) is 15.3. The molecule has 4 aromatic carbocycles. The van der Waals surface area contributed by atoms with Gasteiger partial charge in [-0.25, -0.2) is 0 Å². The molecule has 4 aromatic rings. The maximum absolute atomic E-state index is 11.3. The van der Waals surface area contributed by atoms with Gasteiger partial charge in [-0.3, -0.25) is 0 Å². The topological polar surface area (TPSA) is 47.9 Å². The minimum atomic E-state index is -0.505. The van der Waals surface area contributed by atoms with Crippen molar-refractivity contribution in [3.05, 3.63) is 137 Å². The highest BCUT2D eigenvalue weighted by atomic mass is 16.5. The molecule has 43 heavy (non-hydrogen) atoms. The fourth-order valence-corrected chi connectivity index (χ4v) is 5.33. The van der Waals surface area contributed by atoms with Gasteiger partial charge in [0.15, 0.2) is 0 Å². The molecule has 1 N–H and O–H groups in total.